The van der Waals surface area contributed by atoms with Gasteiger partial charge in [-0.3, -0.25) is 4.98 Å². The molecule has 2 heterocycles. The largest absolute Gasteiger partial charge is 0.310 e. The Bertz CT molecular complexity index is 277. The van der Waals surface area contributed by atoms with Gasteiger partial charge in [-0.2, -0.15) is 0 Å². The number of rotatable bonds is 1. The monoisotopic (exact) mass is 176 g/mol. The zero-order valence-corrected chi connectivity index (χ0v) is 8.09. The molecule has 0 amide bonds. The van der Waals surface area contributed by atoms with E-state index in [1.54, 1.807) is 0 Å². The zero-order valence-electron chi connectivity index (χ0n) is 8.09. The number of aromatic nitrogens is 1. The molecule has 0 spiro atoms. The van der Waals surface area contributed by atoms with Crippen molar-refractivity contribution in [1.82, 2.24) is 10.3 Å². The van der Waals surface area contributed by atoms with Crippen LogP contribution in [0, 0.1) is 6.92 Å². The van der Waals surface area contributed by atoms with Crippen LogP contribution in [0.4, 0.5) is 0 Å². The lowest BCUT2D eigenvalue weighted by Gasteiger charge is -2.23. The average molecular weight is 176 g/mol. The number of pyridine rings is 1. The molecule has 2 heteroatoms. The average Bonchev–Trinajstić information content (AvgIpc) is 2.19. The maximum Gasteiger partial charge on any atom is 0.0335 e. The summed E-state index contributed by atoms with van der Waals surface area (Å²) >= 11 is 0. The van der Waals surface area contributed by atoms with Gasteiger partial charge >= 0.3 is 0 Å². The van der Waals surface area contributed by atoms with E-state index in [-0.39, 0.29) is 0 Å². The third-order valence-electron chi connectivity index (χ3n) is 2.61. The van der Waals surface area contributed by atoms with Gasteiger partial charge in [0.1, 0.15) is 0 Å². The standard InChI is InChI=1S/C11H16N2/c1-9-6-10(8-12-7-9)11-4-2-3-5-13-11/h6-8,11,13H,2-5H2,1H3/t11-/m0/s1. The topological polar surface area (TPSA) is 24.9 Å². The van der Waals surface area contributed by atoms with Crippen molar-refractivity contribution in [2.45, 2.75) is 32.2 Å². The molecule has 1 aromatic rings. The van der Waals surface area contributed by atoms with Gasteiger partial charge in [0.15, 0.2) is 0 Å². The number of nitrogens with zero attached hydrogens (tertiary/aromatic N) is 1. The molecular weight excluding hydrogens is 160 g/mol. The minimum atomic E-state index is 0.543. The minimum Gasteiger partial charge on any atom is -0.310 e. The molecule has 1 fully saturated rings. The number of hydrogen-bond acceptors (Lipinski definition) is 2. The number of hydrogen-bond donors (Lipinski definition) is 1. The van der Waals surface area contributed by atoms with Gasteiger partial charge in [-0.1, -0.05) is 12.5 Å². The fraction of sp³-hybridized carbons (Fsp3) is 0.545. The van der Waals surface area contributed by atoms with Crippen molar-refractivity contribution in [3.8, 4) is 0 Å². The molecule has 1 aromatic heterocycles. The van der Waals surface area contributed by atoms with Crippen molar-refractivity contribution in [2.24, 2.45) is 0 Å². The summed E-state index contributed by atoms with van der Waals surface area (Å²) in [6, 6.07) is 2.77. The fourth-order valence-corrected chi connectivity index (χ4v) is 1.91. The lowest BCUT2D eigenvalue weighted by Crippen LogP contribution is -2.26. The molecule has 1 aliphatic heterocycles. The number of aryl methyl sites for hydroxylation is 1. The summed E-state index contributed by atoms with van der Waals surface area (Å²) in [4.78, 5) is 4.22. The van der Waals surface area contributed by atoms with Gasteiger partial charge in [-0.15, -0.1) is 0 Å². The first kappa shape index (κ1) is 8.70. The third-order valence-corrected chi connectivity index (χ3v) is 2.61. The Morgan fingerprint density at radius 2 is 2.31 bits per heavy atom. The van der Waals surface area contributed by atoms with E-state index >= 15 is 0 Å². The van der Waals surface area contributed by atoms with Crippen LogP contribution in [0.3, 0.4) is 0 Å². The van der Waals surface area contributed by atoms with E-state index in [0.717, 1.165) is 6.54 Å². The van der Waals surface area contributed by atoms with E-state index in [0.29, 0.717) is 6.04 Å². The van der Waals surface area contributed by atoms with Gasteiger partial charge < -0.3 is 5.32 Å². The molecule has 13 heavy (non-hydrogen) atoms. The Kier molecular flexibility index (Phi) is 2.60. The molecule has 1 atom stereocenters. The quantitative estimate of drug-likeness (QED) is 0.709. The van der Waals surface area contributed by atoms with Crippen molar-refractivity contribution < 1.29 is 0 Å². The second-order valence-corrected chi connectivity index (χ2v) is 3.80. The summed E-state index contributed by atoms with van der Waals surface area (Å²) in [5.74, 6) is 0. The van der Waals surface area contributed by atoms with Crippen LogP contribution in [0.1, 0.15) is 36.4 Å². The second kappa shape index (κ2) is 3.88. The van der Waals surface area contributed by atoms with Crippen LogP contribution < -0.4 is 5.32 Å². The summed E-state index contributed by atoms with van der Waals surface area (Å²) in [7, 11) is 0. The molecule has 70 valence electrons. The van der Waals surface area contributed by atoms with Crippen LogP contribution in [0.5, 0.6) is 0 Å². The first-order chi connectivity index (χ1) is 6.36. The Balaban J connectivity index is 2.14. The summed E-state index contributed by atoms with van der Waals surface area (Å²) in [6.07, 6.45) is 7.80. The summed E-state index contributed by atoms with van der Waals surface area (Å²) in [5.41, 5.74) is 2.60. The van der Waals surface area contributed by atoms with Crippen molar-refractivity contribution >= 4 is 0 Å². The van der Waals surface area contributed by atoms with Crippen LogP contribution in [0.2, 0.25) is 0 Å². The van der Waals surface area contributed by atoms with E-state index < -0.39 is 0 Å². The van der Waals surface area contributed by atoms with Gasteiger partial charge in [0.25, 0.3) is 0 Å². The van der Waals surface area contributed by atoms with Crippen LogP contribution in [0.15, 0.2) is 18.5 Å². The van der Waals surface area contributed by atoms with E-state index in [1.165, 1.54) is 30.4 Å². The first-order valence-corrected chi connectivity index (χ1v) is 5.01. The predicted octanol–water partition coefficient (Wildman–Crippen LogP) is 2.20. The Hall–Kier alpha value is -0.890. The smallest absolute Gasteiger partial charge is 0.0335 e. The molecule has 0 radical (unpaired) electrons. The minimum absolute atomic E-state index is 0.543. The molecule has 2 rings (SSSR count). The van der Waals surface area contributed by atoms with E-state index in [9.17, 15) is 0 Å². The lowest BCUT2D eigenvalue weighted by atomic mass is 9.98. The number of piperidine rings is 1. The van der Waals surface area contributed by atoms with Gasteiger partial charge in [0.2, 0.25) is 0 Å². The zero-order chi connectivity index (χ0) is 9.10. The molecule has 0 saturated carbocycles. The predicted molar refractivity (Wildman–Crippen MR) is 53.6 cm³/mol. The summed E-state index contributed by atoms with van der Waals surface area (Å²) in [5, 5.41) is 3.52. The molecule has 0 aliphatic carbocycles. The normalized spacial score (nSPS) is 23.0. The molecule has 0 unspecified atom stereocenters. The van der Waals surface area contributed by atoms with Crippen molar-refractivity contribution in [3.63, 3.8) is 0 Å². The summed E-state index contributed by atoms with van der Waals surface area (Å²) in [6.45, 7) is 3.25. The second-order valence-electron chi connectivity index (χ2n) is 3.80. The Morgan fingerprint density at radius 3 is 3.00 bits per heavy atom. The fourth-order valence-electron chi connectivity index (χ4n) is 1.91. The van der Waals surface area contributed by atoms with Crippen molar-refractivity contribution in [2.75, 3.05) is 6.54 Å². The molecular formula is C11H16N2. The van der Waals surface area contributed by atoms with Crippen LogP contribution >= 0.6 is 0 Å². The Morgan fingerprint density at radius 1 is 1.38 bits per heavy atom. The highest BCUT2D eigenvalue weighted by Gasteiger charge is 2.14. The highest BCUT2D eigenvalue weighted by Crippen LogP contribution is 2.22. The maximum absolute atomic E-state index is 4.22. The SMILES string of the molecule is Cc1cncc([C@@H]2CCCCN2)c1. The molecule has 1 N–H and O–H groups in total. The van der Waals surface area contributed by atoms with E-state index in [2.05, 4.69) is 23.3 Å². The van der Waals surface area contributed by atoms with Crippen molar-refractivity contribution in [1.29, 1.82) is 0 Å². The van der Waals surface area contributed by atoms with Crippen LogP contribution in [0.25, 0.3) is 0 Å². The van der Waals surface area contributed by atoms with Crippen molar-refractivity contribution in [3.05, 3.63) is 29.6 Å². The van der Waals surface area contributed by atoms with Gasteiger partial charge in [-0.05, 0) is 37.4 Å². The van der Waals surface area contributed by atoms with Gasteiger partial charge in [0.05, 0.1) is 0 Å². The van der Waals surface area contributed by atoms with Crippen LogP contribution in [-0.2, 0) is 0 Å². The lowest BCUT2D eigenvalue weighted by molar-refractivity contribution is 0.411. The summed E-state index contributed by atoms with van der Waals surface area (Å²) < 4.78 is 0. The third kappa shape index (κ3) is 2.07. The Labute approximate surface area is 79.4 Å². The molecule has 0 aromatic carbocycles. The van der Waals surface area contributed by atoms with Gasteiger partial charge in [-0.25, -0.2) is 0 Å². The maximum atomic E-state index is 4.22. The molecule has 0 bridgehead atoms. The first-order valence-electron chi connectivity index (χ1n) is 5.01. The molecule has 1 aliphatic rings. The molecule has 2 nitrogen and oxygen atoms in total. The van der Waals surface area contributed by atoms with E-state index in [4.69, 9.17) is 0 Å². The van der Waals surface area contributed by atoms with E-state index in [1.807, 2.05) is 12.4 Å². The highest BCUT2D eigenvalue weighted by atomic mass is 14.9. The number of nitrogens with one attached hydrogen (secondary N) is 1. The van der Waals surface area contributed by atoms with Crippen LogP contribution in [-0.4, -0.2) is 11.5 Å². The van der Waals surface area contributed by atoms with Gasteiger partial charge in [0, 0.05) is 18.4 Å². The molecule has 1 saturated heterocycles. The highest BCUT2D eigenvalue weighted by molar-refractivity contribution is 5.20.